The van der Waals surface area contributed by atoms with Crippen LogP contribution in [0.3, 0.4) is 0 Å². The molecule has 0 bridgehead atoms. The number of anilines is 1. The van der Waals surface area contributed by atoms with Crippen LogP contribution in [0.2, 0.25) is 0 Å². The maximum absolute atomic E-state index is 11.0. The van der Waals surface area contributed by atoms with Gasteiger partial charge in [0, 0.05) is 21.1 Å². The molecule has 0 aliphatic heterocycles. The minimum absolute atomic E-state index is 0.144. The second-order valence-electron chi connectivity index (χ2n) is 4.10. The molecule has 0 radical (unpaired) electrons. The first-order valence-corrected chi connectivity index (χ1v) is 7.12. The van der Waals surface area contributed by atoms with Gasteiger partial charge in [0.1, 0.15) is 0 Å². The monoisotopic (exact) mass is 383 g/mol. The lowest BCUT2D eigenvalue weighted by molar-refractivity contribution is 0.0698. The van der Waals surface area contributed by atoms with E-state index in [4.69, 9.17) is 10.8 Å². The molecule has 0 saturated carbocycles. The fourth-order valence-corrected chi connectivity index (χ4v) is 3.01. The maximum atomic E-state index is 11.0. The van der Waals surface area contributed by atoms with Crippen molar-refractivity contribution in [3.63, 3.8) is 0 Å². The molecule has 0 unspecified atom stereocenters. The molecule has 2 aromatic rings. The number of rotatable bonds is 3. The molecule has 19 heavy (non-hydrogen) atoms. The lowest BCUT2D eigenvalue weighted by Gasteiger charge is -2.10. The first-order valence-electron chi connectivity index (χ1n) is 5.53. The van der Waals surface area contributed by atoms with E-state index in [1.165, 1.54) is 6.07 Å². The van der Waals surface area contributed by atoms with Gasteiger partial charge in [-0.1, -0.05) is 50.1 Å². The summed E-state index contributed by atoms with van der Waals surface area (Å²) in [5.74, 6) is -1.01. The molecule has 2 aromatic carbocycles. The Hall–Kier alpha value is -1.33. The van der Waals surface area contributed by atoms with Crippen LogP contribution in [0.25, 0.3) is 0 Å². The second kappa shape index (κ2) is 5.75. The summed E-state index contributed by atoms with van der Waals surface area (Å²) < 4.78 is 1.94. The van der Waals surface area contributed by atoms with Crippen LogP contribution in [0.4, 0.5) is 5.69 Å². The first kappa shape index (κ1) is 14.1. The minimum Gasteiger partial charge on any atom is -0.478 e. The highest BCUT2D eigenvalue weighted by molar-refractivity contribution is 9.11. The van der Waals surface area contributed by atoms with Crippen LogP contribution < -0.4 is 5.73 Å². The highest BCUT2D eigenvalue weighted by Crippen LogP contribution is 2.27. The number of aromatic carboxylic acids is 1. The summed E-state index contributed by atoms with van der Waals surface area (Å²) in [5, 5.41) is 9.05. The van der Waals surface area contributed by atoms with Gasteiger partial charge in [-0.3, -0.25) is 0 Å². The quantitative estimate of drug-likeness (QED) is 0.783. The molecule has 0 atom stereocenters. The summed E-state index contributed by atoms with van der Waals surface area (Å²) >= 11 is 6.88. The van der Waals surface area contributed by atoms with Crippen LogP contribution >= 0.6 is 31.9 Å². The van der Waals surface area contributed by atoms with Gasteiger partial charge in [-0.05, 0) is 29.3 Å². The van der Waals surface area contributed by atoms with Crippen molar-refractivity contribution in [3.05, 3.63) is 62.0 Å². The summed E-state index contributed by atoms with van der Waals surface area (Å²) in [6, 6.07) is 10.9. The molecule has 98 valence electrons. The number of hydrogen-bond donors (Lipinski definition) is 2. The highest BCUT2D eigenvalue weighted by Gasteiger charge is 2.12. The van der Waals surface area contributed by atoms with Crippen molar-refractivity contribution in [1.82, 2.24) is 0 Å². The fraction of sp³-hybridized carbons (Fsp3) is 0.0714. The highest BCUT2D eigenvalue weighted by atomic mass is 79.9. The van der Waals surface area contributed by atoms with E-state index in [1.54, 1.807) is 6.07 Å². The molecule has 0 aliphatic rings. The molecule has 0 heterocycles. The predicted octanol–water partition coefficient (Wildman–Crippen LogP) is 4.08. The second-order valence-corrected chi connectivity index (χ2v) is 5.87. The van der Waals surface area contributed by atoms with Gasteiger partial charge in [0.15, 0.2) is 0 Å². The topological polar surface area (TPSA) is 63.3 Å². The van der Waals surface area contributed by atoms with Crippen molar-refractivity contribution in [3.8, 4) is 0 Å². The summed E-state index contributed by atoms with van der Waals surface area (Å²) in [4.78, 5) is 11.0. The zero-order valence-corrected chi connectivity index (χ0v) is 13.0. The number of benzene rings is 2. The molecule has 5 heteroatoms. The Kier molecular flexibility index (Phi) is 4.27. The van der Waals surface area contributed by atoms with Crippen molar-refractivity contribution in [2.24, 2.45) is 0 Å². The van der Waals surface area contributed by atoms with Crippen LogP contribution in [0.5, 0.6) is 0 Å². The standard InChI is InChI=1S/C14H11Br2NO2/c15-10-5-4-8(12(16)7-10)6-9-2-1-3-11(13(9)17)14(18)19/h1-5,7H,6,17H2,(H,18,19). The Balaban J connectivity index is 2.38. The van der Waals surface area contributed by atoms with Crippen molar-refractivity contribution in [2.75, 3.05) is 5.73 Å². The third kappa shape index (κ3) is 3.16. The first-order chi connectivity index (χ1) is 8.99. The summed E-state index contributed by atoms with van der Waals surface area (Å²) in [7, 11) is 0. The van der Waals surface area contributed by atoms with Crippen molar-refractivity contribution in [2.45, 2.75) is 6.42 Å². The molecule has 0 aromatic heterocycles. The van der Waals surface area contributed by atoms with Crippen LogP contribution in [-0.2, 0) is 6.42 Å². The fourth-order valence-electron chi connectivity index (χ4n) is 1.82. The zero-order valence-electron chi connectivity index (χ0n) is 9.86. The number of halogens is 2. The Morgan fingerprint density at radius 1 is 1.16 bits per heavy atom. The molecule has 3 nitrogen and oxygen atoms in total. The Morgan fingerprint density at radius 2 is 1.89 bits per heavy atom. The van der Waals surface area contributed by atoms with E-state index >= 15 is 0 Å². The van der Waals surface area contributed by atoms with Crippen LogP contribution in [0.15, 0.2) is 45.3 Å². The van der Waals surface area contributed by atoms with Gasteiger partial charge in [0.05, 0.1) is 5.56 Å². The summed E-state index contributed by atoms with van der Waals surface area (Å²) in [6.45, 7) is 0. The number of para-hydroxylation sites is 1. The van der Waals surface area contributed by atoms with Gasteiger partial charge >= 0.3 is 5.97 Å². The average Bonchev–Trinajstić information content (AvgIpc) is 2.34. The van der Waals surface area contributed by atoms with Crippen molar-refractivity contribution in [1.29, 1.82) is 0 Å². The van der Waals surface area contributed by atoms with E-state index in [-0.39, 0.29) is 5.56 Å². The molecule has 0 aliphatic carbocycles. The molecule has 0 fully saturated rings. The number of hydrogen-bond acceptors (Lipinski definition) is 2. The molecule has 2 rings (SSSR count). The van der Waals surface area contributed by atoms with E-state index in [1.807, 2.05) is 24.3 Å². The largest absolute Gasteiger partial charge is 0.478 e. The number of nitrogen functional groups attached to an aromatic ring is 1. The Labute approximate surface area is 127 Å². The average molecular weight is 385 g/mol. The van der Waals surface area contributed by atoms with Gasteiger partial charge in [0.2, 0.25) is 0 Å². The lowest BCUT2D eigenvalue weighted by atomic mass is 10.0. The van der Waals surface area contributed by atoms with E-state index < -0.39 is 5.97 Å². The Morgan fingerprint density at radius 3 is 2.53 bits per heavy atom. The normalized spacial score (nSPS) is 10.4. The molecule has 0 saturated heterocycles. The van der Waals surface area contributed by atoms with E-state index in [0.717, 1.165) is 20.1 Å². The molecule has 3 N–H and O–H groups in total. The van der Waals surface area contributed by atoms with E-state index in [0.29, 0.717) is 12.1 Å². The number of carbonyl (C=O) groups is 1. The van der Waals surface area contributed by atoms with E-state index in [9.17, 15) is 4.79 Å². The molecule has 0 amide bonds. The maximum Gasteiger partial charge on any atom is 0.337 e. The van der Waals surface area contributed by atoms with Gasteiger partial charge < -0.3 is 10.8 Å². The van der Waals surface area contributed by atoms with Gasteiger partial charge in [-0.2, -0.15) is 0 Å². The zero-order chi connectivity index (χ0) is 14.0. The lowest BCUT2D eigenvalue weighted by Crippen LogP contribution is -2.05. The molecular formula is C14H11Br2NO2. The predicted molar refractivity (Wildman–Crippen MR) is 82.5 cm³/mol. The molecular weight excluding hydrogens is 374 g/mol. The smallest absolute Gasteiger partial charge is 0.337 e. The summed E-state index contributed by atoms with van der Waals surface area (Å²) in [6.07, 6.45) is 0.584. The van der Waals surface area contributed by atoms with E-state index in [2.05, 4.69) is 31.9 Å². The minimum atomic E-state index is -1.01. The van der Waals surface area contributed by atoms with Gasteiger partial charge in [0.25, 0.3) is 0 Å². The third-order valence-electron chi connectivity index (χ3n) is 2.82. The van der Waals surface area contributed by atoms with Crippen molar-refractivity contribution >= 4 is 43.5 Å². The van der Waals surface area contributed by atoms with Gasteiger partial charge in [-0.25, -0.2) is 4.79 Å². The third-order valence-corrected chi connectivity index (χ3v) is 4.05. The van der Waals surface area contributed by atoms with Crippen LogP contribution in [-0.4, -0.2) is 11.1 Å². The molecule has 0 spiro atoms. The number of carboxylic acids is 1. The van der Waals surface area contributed by atoms with Crippen molar-refractivity contribution < 1.29 is 9.90 Å². The van der Waals surface area contributed by atoms with Crippen LogP contribution in [0, 0.1) is 0 Å². The SMILES string of the molecule is Nc1c(Cc2ccc(Br)cc2Br)cccc1C(=O)O. The Bertz CT molecular complexity index is 641. The van der Waals surface area contributed by atoms with Gasteiger partial charge in [-0.15, -0.1) is 0 Å². The summed E-state index contributed by atoms with van der Waals surface area (Å²) in [5.41, 5.74) is 8.24. The number of carboxylic acid groups (broad SMARTS) is 1. The number of nitrogens with two attached hydrogens (primary N) is 1. The van der Waals surface area contributed by atoms with Crippen LogP contribution in [0.1, 0.15) is 21.5 Å².